The minimum absolute atomic E-state index is 1.18. The van der Waals surface area contributed by atoms with Crippen LogP contribution < -0.4 is 0 Å². The van der Waals surface area contributed by atoms with Gasteiger partial charge in [0.1, 0.15) is 0 Å². The van der Waals surface area contributed by atoms with E-state index >= 15 is 0 Å². The van der Waals surface area contributed by atoms with Crippen molar-refractivity contribution < 1.29 is 0 Å². The Labute approximate surface area is 226 Å². The van der Waals surface area contributed by atoms with Crippen molar-refractivity contribution in [2.45, 2.75) is 0 Å². The second kappa shape index (κ2) is 7.69. The second-order valence-corrected chi connectivity index (χ2v) is 10.6. The topological polar surface area (TPSA) is 4.93 Å². The molecule has 0 fully saturated rings. The molecule has 0 bridgehead atoms. The van der Waals surface area contributed by atoms with Crippen molar-refractivity contribution in [1.82, 2.24) is 4.57 Å². The van der Waals surface area contributed by atoms with Crippen LogP contribution >= 0.6 is 0 Å². The van der Waals surface area contributed by atoms with E-state index in [-0.39, 0.29) is 0 Å². The van der Waals surface area contributed by atoms with E-state index in [0.717, 1.165) is 0 Å². The van der Waals surface area contributed by atoms with Gasteiger partial charge >= 0.3 is 0 Å². The smallest absolute Gasteiger partial charge is 0.0625 e. The highest BCUT2D eigenvalue weighted by atomic mass is 15.0. The number of benzene rings is 7. The summed E-state index contributed by atoms with van der Waals surface area (Å²) in [5, 5.41) is 7.78. The molecule has 0 radical (unpaired) electrons. The van der Waals surface area contributed by atoms with Crippen LogP contribution in [0.5, 0.6) is 0 Å². The summed E-state index contributed by atoms with van der Waals surface area (Å²) in [5.41, 5.74) is 11.5. The minimum atomic E-state index is 1.18. The van der Waals surface area contributed by atoms with Crippen LogP contribution in [0, 0.1) is 0 Å². The Kier molecular flexibility index (Phi) is 4.11. The van der Waals surface area contributed by atoms with Gasteiger partial charge in [-0.05, 0) is 73.6 Å². The highest BCUT2D eigenvalue weighted by molar-refractivity contribution is 6.24. The van der Waals surface area contributed by atoms with Crippen LogP contribution in [-0.2, 0) is 0 Å². The third kappa shape index (κ3) is 2.85. The van der Waals surface area contributed by atoms with Gasteiger partial charge in [0, 0.05) is 22.0 Å². The summed E-state index contributed by atoms with van der Waals surface area (Å²) in [6.45, 7) is 0. The third-order valence-electron chi connectivity index (χ3n) is 8.49. The lowest BCUT2D eigenvalue weighted by atomic mass is 9.99. The molecule has 1 aliphatic carbocycles. The van der Waals surface area contributed by atoms with Crippen molar-refractivity contribution in [2.75, 3.05) is 0 Å². The van der Waals surface area contributed by atoms with Gasteiger partial charge in [0.05, 0.1) is 11.0 Å². The van der Waals surface area contributed by atoms with Gasteiger partial charge in [-0.1, -0.05) is 115 Å². The largest absolute Gasteiger partial charge is 0.309 e. The summed E-state index contributed by atoms with van der Waals surface area (Å²) in [6, 6.07) is 51.2. The lowest BCUT2D eigenvalue weighted by Crippen LogP contribution is -1.96. The van der Waals surface area contributed by atoms with Crippen molar-refractivity contribution in [2.24, 2.45) is 0 Å². The number of para-hydroxylation sites is 1. The molecule has 39 heavy (non-hydrogen) atoms. The van der Waals surface area contributed by atoms with Gasteiger partial charge in [-0.15, -0.1) is 0 Å². The summed E-state index contributed by atoms with van der Waals surface area (Å²) in [4.78, 5) is 0. The normalized spacial score (nSPS) is 12.1. The lowest BCUT2D eigenvalue weighted by molar-refractivity contribution is 1.18. The molecule has 1 aliphatic rings. The number of rotatable bonds is 2. The summed E-state index contributed by atoms with van der Waals surface area (Å²) in [6.07, 6.45) is 0. The molecule has 0 saturated carbocycles. The van der Waals surface area contributed by atoms with E-state index in [2.05, 4.69) is 144 Å². The fourth-order valence-corrected chi connectivity index (χ4v) is 6.79. The number of nitrogens with zero attached hydrogens (tertiary/aromatic N) is 1. The second-order valence-electron chi connectivity index (χ2n) is 10.6. The first-order valence-electron chi connectivity index (χ1n) is 13.5. The first kappa shape index (κ1) is 20.9. The Balaban J connectivity index is 1.37. The van der Waals surface area contributed by atoms with E-state index in [1.807, 2.05) is 0 Å². The molecule has 0 unspecified atom stereocenters. The molecule has 1 nitrogen and oxygen atoms in total. The maximum atomic E-state index is 2.48. The Morgan fingerprint density at radius 1 is 0.410 bits per heavy atom. The van der Waals surface area contributed by atoms with Crippen molar-refractivity contribution in [1.29, 1.82) is 0 Å². The van der Waals surface area contributed by atoms with Gasteiger partial charge < -0.3 is 4.57 Å². The van der Waals surface area contributed by atoms with Crippen molar-refractivity contribution >= 4 is 43.4 Å². The molecule has 1 heterocycles. The van der Waals surface area contributed by atoms with Crippen LogP contribution in [-0.4, -0.2) is 4.57 Å². The Morgan fingerprint density at radius 3 is 2.08 bits per heavy atom. The quantitative estimate of drug-likeness (QED) is 0.226. The fourth-order valence-electron chi connectivity index (χ4n) is 6.79. The summed E-state index contributed by atoms with van der Waals surface area (Å²) in [5.74, 6) is 0. The summed E-state index contributed by atoms with van der Waals surface area (Å²) >= 11 is 0. The number of hydrogen-bond donors (Lipinski definition) is 0. The van der Waals surface area contributed by atoms with Crippen molar-refractivity contribution in [3.05, 3.63) is 140 Å². The molecular weight excluding hydrogens is 470 g/mol. The summed E-state index contributed by atoms with van der Waals surface area (Å²) < 4.78 is 2.48. The monoisotopic (exact) mass is 493 g/mol. The van der Waals surface area contributed by atoms with Gasteiger partial charge in [-0.25, -0.2) is 0 Å². The molecule has 0 amide bonds. The van der Waals surface area contributed by atoms with Crippen LogP contribution in [0.25, 0.3) is 82.4 Å². The van der Waals surface area contributed by atoms with Crippen molar-refractivity contribution in [3.63, 3.8) is 0 Å². The SMILES string of the molecule is c1cc(-c2ccc3ccccc3c2)cc(-n2c3ccccc3c3ccc4c(c32)-c2cccc3cccc-4c23)c1. The van der Waals surface area contributed by atoms with Crippen LogP contribution in [0.15, 0.2) is 140 Å². The molecule has 0 aliphatic heterocycles. The number of hydrogen-bond acceptors (Lipinski definition) is 0. The summed E-state index contributed by atoms with van der Waals surface area (Å²) in [7, 11) is 0. The predicted molar refractivity (Wildman–Crippen MR) is 166 cm³/mol. The lowest BCUT2D eigenvalue weighted by Gasteiger charge is -2.13. The Hall–Kier alpha value is -5.14. The zero-order valence-electron chi connectivity index (χ0n) is 21.2. The van der Waals surface area contributed by atoms with Crippen LogP contribution in [0.4, 0.5) is 0 Å². The maximum absolute atomic E-state index is 2.48. The van der Waals surface area contributed by atoms with Crippen LogP contribution in [0.1, 0.15) is 0 Å². The first-order valence-corrected chi connectivity index (χ1v) is 13.5. The molecule has 1 aromatic heterocycles. The maximum Gasteiger partial charge on any atom is 0.0625 e. The van der Waals surface area contributed by atoms with Gasteiger partial charge in [0.2, 0.25) is 0 Å². The van der Waals surface area contributed by atoms with E-state index in [0.29, 0.717) is 0 Å². The van der Waals surface area contributed by atoms with Gasteiger partial charge in [0.15, 0.2) is 0 Å². The fraction of sp³-hybridized carbons (Fsp3) is 0. The predicted octanol–water partition coefficient (Wildman–Crippen LogP) is 10.4. The molecule has 9 rings (SSSR count). The molecular formula is C38H23N. The van der Waals surface area contributed by atoms with E-state index in [1.54, 1.807) is 0 Å². The molecule has 0 spiro atoms. The Morgan fingerprint density at radius 2 is 1.15 bits per heavy atom. The van der Waals surface area contributed by atoms with Crippen molar-refractivity contribution in [3.8, 4) is 39.1 Å². The molecule has 8 aromatic rings. The average Bonchev–Trinajstić information content (AvgIpc) is 3.51. The van der Waals surface area contributed by atoms with Gasteiger partial charge in [0.25, 0.3) is 0 Å². The molecule has 0 atom stereocenters. The highest BCUT2D eigenvalue weighted by Crippen LogP contribution is 2.51. The Bertz CT molecular complexity index is 2280. The standard InChI is InChI=1S/C38H23N/c1-2-9-26-22-28(19-18-24(26)8-1)27-12-5-13-29(23-27)39-35-17-4-3-14-30(35)33-21-20-32-31-15-6-10-25-11-7-16-34(36(25)31)37(32)38(33)39/h1-23H. The first-order chi connectivity index (χ1) is 19.3. The minimum Gasteiger partial charge on any atom is -0.309 e. The van der Waals surface area contributed by atoms with E-state index in [4.69, 9.17) is 0 Å². The third-order valence-corrected chi connectivity index (χ3v) is 8.49. The van der Waals surface area contributed by atoms with Crippen LogP contribution in [0.3, 0.4) is 0 Å². The molecule has 0 saturated heterocycles. The van der Waals surface area contributed by atoms with Gasteiger partial charge in [-0.3, -0.25) is 0 Å². The zero-order chi connectivity index (χ0) is 25.5. The number of fused-ring (bicyclic) bond motifs is 8. The van der Waals surface area contributed by atoms with E-state index in [1.165, 1.54) is 82.4 Å². The van der Waals surface area contributed by atoms with E-state index in [9.17, 15) is 0 Å². The molecule has 0 N–H and O–H groups in total. The van der Waals surface area contributed by atoms with E-state index < -0.39 is 0 Å². The molecule has 1 heteroatoms. The highest BCUT2D eigenvalue weighted by Gasteiger charge is 2.26. The average molecular weight is 494 g/mol. The number of aromatic nitrogens is 1. The molecule has 7 aromatic carbocycles. The molecule has 180 valence electrons. The van der Waals surface area contributed by atoms with Crippen LogP contribution in [0.2, 0.25) is 0 Å². The zero-order valence-corrected chi connectivity index (χ0v) is 21.2. The van der Waals surface area contributed by atoms with Gasteiger partial charge in [-0.2, -0.15) is 0 Å².